The quantitative estimate of drug-likeness (QED) is 0.634. The minimum absolute atomic E-state index is 0.172. The molecule has 11 nitrogen and oxygen atoms in total. The number of ether oxygens (including phenoxy) is 1. The van der Waals surface area contributed by atoms with Crippen molar-refractivity contribution in [3.8, 4) is 0 Å². The van der Waals surface area contributed by atoms with Crippen molar-refractivity contribution in [2.45, 2.75) is 17.9 Å². The molecule has 0 radical (unpaired) electrons. The molecule has 0 unspecified atom stereocenters. The zero-order valence-electron chi connectivity index (χ0n) is 20.4. The number of nitrogens with zero attached hydrogens (tertiary/aromatic N) is 5. The van der Waals surface area contributed by atoms with Gasteiger partial charge < -0.3 is 24.8 Å². The number of halogens is 1. The first-order valence-corrected chi connectivity index (χ1v) is 13.3. The van der Waals surface area contributed by atoms with E-state index >= 15 is 4.39 Å². The Labute approximate surface area is 214 Å². The van der Waals surface area contributed by atoms with Crippen molar-refractivity contribution >= 4 is 45.0 Å². The fraction of sp³-hybridized carbons (Fsp3) is 0.375. The van der Waals surface area contributed by atoms with Gasteiger partial charge in [0, 0.05) is 40.2 Å². The molecule has 2 fully saturated rings. The molecule has 1 atom stereocenters. The Morgan fingerprint density at radius 3 is 2.51 bits per heavy atom. The Hall–Kier alpha value is -3.87. The van der Waals surface area contributed by atoms with Gasteiger partial charge >= 0.3 is 6.09 Å². The summed E-state index contributed by atoms with van der Waals surface area (Å²) < 4.78 is 49.8. The van der Waals surface area contributed by atoms with Crippen molar-refractivity contribution in [1.29, 1.82) is 0 Å². The molecule has 37 heavy (non-hydrogen) atoms. The van der Waals surface area contributed by atoms with Crippen LogP contribution < -0.4 is 20.0 Å². The van der Waals surface area contributed by atoms with E-state index in [1.165, 1.54) is 24.0 Å². The van der Waals surface area contributed by atoms with E-state index in [1.54, 1.807) is 42.3 Å². The van der Waals surface area contributed by atoms with Crippen molar-refractivity contribution in [3.05, 3.63) is 48.3 Å². The van der Waals surface area contributed by atoms with E-state index < -0.39 is 28.0 Å². The Bertz CT molecular complexity index is 1380. The highest BCUT2D eigenvalue weighted by Gasteiger charge is 2.34. The molecule has 3 aliphatic heterocycles. The van der Waals surface area contributed by atoms with Crippen LogP contribution in [0.1, 0.15) is 6.92 Å². The number of hydrogen-bond acceptors (Lipinski definition) is 8. The second-order valence-electron chi connectivity index (χ2n) is 9.06. The lowest BCUT2D eigenvalue weighted by Gasteiger charge is -2.41. The zero-order valence-corrected chi connectivity index (χ0v) is 21.2. The molecular weight excluding hydrogens is 503 g/mol. The van der Waals surface area contributed by atoms with E-state index in [2.05, 4.69) is 9.71 Å². The smallest absolute Gasteiger partial charge is 0.414 e. The molecule has 2 saturated heterocycles. The van der Waals surface area contributed by atoms with Gasteiger partial charge in [-0.15, -0.1) is 4.40 Å². The van der Waals surface area contributed by atoms with Crippen molar-refractivity contribution in [3.63, 3.8) is 0 Å². The number of hydrogen-bond donors (Lipinski definition) is 1. The molecule has 196 valence electrons. The van der Waals surface area contributed by atoms with Crippen LogP contribution >= 0.6 is 0 Å². The summed E-state index contributed by atoms with van der Waals surface area (Å²) in [5, 5.41) is 2.61. The molecule has 0 saturated carbocycles. The summed E-state index contributed by atoms with van der Waals surface area (Å²) in [6.45, 7) is 3.58. The minimum Gasteiger partial charge on any atom is -0.442 e. The highest BCUT2D eigenvalue weighted by atomic mass is 32.2. The topological polar surface area (TPSA) is 115 Å². The molecule has 0 bridgehead atoms. The summed E-state index contributed by atoms with van der Waals surface area (Å²) in [5.74, 6) is -0.359. The monoisotopic (exact) mass is 530 g/mol. The summed E-state index contributed by atoms with van der Waals surface area (Å²) in [6, 6.07) is 11.3. The Kier molecular flexibility index (Phi) is 6.40. The van der Waals surface area contributed by atoms with Gasteiger partial charge in [-0.05, 0) is 30.3 Å². The van der Waals surface area contributed by atoms with Crippen LogP contribution in [0, 0.1) is 5.82 Å². The highest BCUT2D eigenvalue weighted by molar-refractivity contribution is 7.90. The molecule has 3 heterocycles. The number of nitrogens with one attached hydrogen (secondary N) is 1. The first-order chi connectivity index (χ1) is 17.6. The summed E-state index contributed by atoms with van der Waals surface area (Å²) in [6.07, 6.45) is -1.10. The average Bonchev–Trinajstić information content (AvgIpc) is 3.25. The Morgan fingerprint density at radius 1 is 1.11 bits per heavy atom. The standard InChI is InChI=1S/C24H27FN6O5S/c1-16(32)26-14-18-15-31(24(33)36-18)17-7-8-20(19(25)13-17)29-9-11-30(12-10-29)23-27-37(34,35)22-6-4-3-5-21(22)28(23)2/h3-8,13,18H,9-12,14-15H2,1-2H3,(H,26,32)/t18-/m0/s1. The van der Waals surface area contributed by atoms with Gasteiger partial charge in [-0.3, -0.25) is 9.69 Å². The third kappa shape index (κ3) is 4.78. The summed E-state index contributed by atoms with van der Waals surface area (Å²) in [4.78, 5) is 30.4. The highest BCUT2D eigenvalue weighted by Crippen LogP contribution is 2.32. The van der Waals surface area contributed by atoms with E-state index in [-0.39, 0.29) is 23.9 Å². The van der Waals surface area contributed by atoms with E-state index in [9.17, 15) is 18.0 Å². The number of fused-ring (bicyclic) bond motifs is 1. The van der Waals surface area contributed by atoms with Gasteiger partial charge in [-0.1, -0.05) is 12.1 Å². The third-order valence-corrected chi connectivity index (χ3v) is 7.91. The number of anilines is 3. The number of piperazine rings is 1. The Balaban J connectivity index is 1.25. The molecule has 5 rings (SSSR count). The van der Waals surface area contributed by atoms with E-state index in [4.69, 9.17) is 4.74 Å². The van der Waals surface area contributed by atoms with Gasteiger partial charge in [0.05, 0.1) is 30.2 Å². The van der Waals surface area contributed by atoms with E-state index in [0.717, 1.165) is 0 Å². The number of carbonyl (C=O) groups excluding carboxylic acids is 2. The predicted molar refractivity (Wildman–Crippen MR) is 136 cm³/mol. The van der Waals surface area contributed by atoms with Crippen molar-refractivity contribution in [2.75, 3.05) is 61.0 Å². The van der Waals surface area contributed by atoms with Crippen LogP contribution in [0.25, 0.3) is 0 Å². The van der Waals surface area contributed by atoms with Gasteiger partial charge in [-0.25, -0.2) is 9.18 Å². The maximum Gasteiger partial charge on any atom is 0.414 e. The van der Waals surface area contributed by atoms with Gasteiger partial charge in [0.2, 0.25) is 11.9 Å². The number of cyclic esters (lactones) is 1. The fourth-order valence-electron chi connectivity index (χ4n) is 4.71. The van der Waals surface area contributed by atoms with Crippen LogP contribution in [0.3, 0.4) is 0 Å². The molecule has 3 aliphatic rings. The number of sulfonamides is 1. The molecule has 13 heteroatoms. The SMILES string of the molecule is CC(=O)NC[C@H]1CN(c2ccc(N3CCN(C4=NS(=O)(=O)c5ccccc5N4C)CC3)c(F)c2)C(=O)O1. The molecule has 0 aromatic heterocycles. The van der Waals surface area contributed by atoms with Gasteiger partial charge in [0.1, 0.15) is 16.8 Å². The number of para-hydroxylation sites is 1. The lowest BCUT2D eigenvalue weighted by atomic mass is 10.2. The Morgan fingerprint density at radius 2 is 1.81 bits per heavy atom. The maximum absolute atomic E-state index is 15.1. The first-order valence-electron chi connectivity index (χ1n) is 11.8. The predicted octanol–water partition coefficient (Wildman–Crippen LogP) is 1.60. The second-order valence-corrected chi connectivity index (χ2v) is 10.6. The van der Waals surface area contributed by atoms with Crippen LogP contribution in [0.2, 0.25) is 0 Å². The lowest BCUT2D eigenvalue weighted by Crippen LogP contribution is -2.54. The largest absolute Gasteiger partial charge is 0.442 e. The average molecular weight is 531 g/mol. The first kappa shape index (κ1) is 24.8. The van der Waals surface area contributed by atoms with Crippen LogP contribution in [0.5, 0.6) is 0 Å². The number of benzene rings is 2. The van der Waals surface area contributed by atoms with Crippen molar-refractivity contribution < 1.29 is 27.1 Å². The van der Waals surface area contributed by atoms with Crippen LogP contribution in [0.15, 0.2) is 51.8 Å². The van der Waals surface area contributed by atoms with E-state index in [0.29, 0.717) is 49.2 Å². The van der Waals surface area contributed by atoms with Crippen molar-refractivity contribution in [1.82, 2.24) is 10.2 Å². The summed E-state index contributed by atoms with van der Waals surface area (Å²) in [5.41, 5.74) is 1.33. The molecule has 2 aromatic carbocycles. The van der Waals surface area contributed by atoms with Crippen LogP contribution in [-0.2, 0) is 19.6 Å². The normalized spacial score (nSPS) is 20.9. The van der Waals surface area contributed by atoms with Crippen LogP contribution in [-0.4, -0.2) is 83.7 Å². The van der Waals surface area contributed by atoms with Crippen molar-refractivity contribution in [2.24, 2.45) is 4.40 Å². The van der Waals surface area contributed by atoms with Gasteiger partial charge in [-0.2, -0.15) is 8.42 Å². The maximum atomic E-state index is 15.1. The zero-order chi connectivity index (χ0) is 26.3. The van der Waals surface area contributed by atoms with Gasteiger partial charge in [0.15, 0.2) is 0 Å². The molecular formula is C24H27FN6O5S. The molecule has 1 N–H and O–H groups in total. The minimum atomic E-state index is -3.81. The lowest BCUT2D eigenvalue weighted by molar-refractivity contribution is -0.119. The molecule has 0 aliphatic carbocycles. The van der Waals surface area contributed by atoms with Gasteiger partial charge in [0.25, 0.3) is 10.0 Å². The summed E-state index contributed by atoms with van der Waals surface area (Å²) in [7, 11) is -2.03. The summed E-state index contributed by atoms with van der Waals surface area (Å²) >= 11 is 0. The molecule has 2 aromatic rings. The second kappa shape index (κ2) is 9.54. The number of guanidine groups is 1. The number of rotatable bonds is 4. The molecule has 0 spiro atoms. The third-order valence-electron chi connectivity index (χ3n) is 6.61. The number of amides is 2. The van der Waals surface area contributed by atoms with Crippen LogP contribution in [0.4, 0.5) is 26.2 Å². The number of carbonyl (C=O) groups is 2. The molecule has 2 amide bonds. The fourth-order valence-corrected chi connectivity index (χ4v) is 5.98. The van der Waals surface area contributed by atoms with E-state index in [1.807, 2.05) is 9.80 Å².